The Balaban J connectivity index is 1.96. The molecule has 0 aliphatic carbocycles. The number of rotatable bonds is 4. The van der Waals surface area contributed by atoms with Gasteiger partial charge in [-0.15, -0.1) is 0 Å². The minimum absolute atomic E-state index is 0.0595. The molecule has 1 aromatic rings. The van der Waals surface area contributed by atoms with Crippen LogP contribution in [-0.4, -0.2) is 41.9 Å². The summed E-state index contributed by atoms with van der Waals surface area (Å²) in [5.41, 5.74) is 5.78. The highest BCUT2D eigenvalue weighted by atomic mass is 16.3. The second kappa shape index (κ2) is 6.76. The van der Waals surface area contributed by atoms with Crippen molar-refractivity contribution >= 4 is 11.8 Å². The van der Waals surface area contributed by atoms with Crippen LogP contribution in [0.15, 0.2) is 22.8 Å². The van der Waals surface area contributed by atoms with Gasteiger partial charge in [0.05, 0.1) is 6.26 Å². The molecule has 3 unspecified atom stereocenters. The van der Waals surface area contributed by atoms with E-state index >= 15 is 0 Å². The number of hydrogen-bond acceptors (Lipinski definition) is 4. The van der Waals surface area contributed by atoms with Crippen LogP contribution in [-0.2, 0) is 4.79 Å². The Bertz CT molecular complexity index is 486. The number of furan rings is 1. The minimum Gasteiger partial charge on any atom is -0.459 e. The number of carbonyl (C=O) groups excluding carboxylic acids is 2. The van der Waals surface area contributed by atoms with Crippen molar-refractivity contribution < 1.29 is 14.0 Å². The van der Waals surface area contributed by atoms with E-state index in [1.54, 1.807) is 24.0 Å². The topological polar surface area (TPSA) is 88.6 Å². The van der Waals surface area contributed by atoms with Crippen molar-refractivity contribution in [3.8, 4) is 0 Å². The van der Waals surface area contributed by atoms with Crippen molar-refractivity contribution in [2.45, 2.75) is 38.8 Å². The molecule has 6 nitrogen and oxygen atoms in total. The molecule has 3 atom stereocenters. The van der Waals surface area contributed by atoms with E-state index in [0.717, 1.165) is 12.8 Å². The summed E-state index contributed by atoms with van der Waals surface area (Å²) in [4.78, 5) is 26.2. The Morgan fingerprint density at radius 1 is 1.57 bits per heavy atom. The smallest absolute Gasteiger partial charge is 0.287 e. The van der Waals surface area contributed by atoms with Gasteiger partial charge in [-0.25, -0.2) is 0 Å². The monoisotopic (exact) mass is 293 g/mol. The lowest BCUT2D eigenvalue weighted by molar-refractivity contribution is -0.136. The van der Waals surface area contributed by atoms with Crippen LogP contribution >= 0.6 is 0 Å². The molecule has 2 heterocycles. The number of likely N-dealkylation sites (tertiary alicyclic amines) is 1. The van der Waals surface area contributed by atoms with Gasteiger partial charge in [0.1, 0.15) is 6.04 Å². The largest absolute Gasteiger partial charge is 0.459 e. The molecule has 1 saturated heterocycles. The van der Waals surface area contributed by atoms with Crippen LogP contribution in [0, 0.1) is 5.92 Å². The molecule has 1 aliphatic heterocycles. The molecule has 1 aromatic heterocycles. The van der Waals surface area contributed by atoms with E-state index < -0.39 is 6.04 Å². The van der Waals surface area contributed by atoms with Gasteiger partial charge < -0.3 is 20.4 Å². The van der Waals surface area contributed by atoms with Gasteiger partial charge in [-0.1, -0.05) is 6.92 Å². The van der Waals surface area contributed by atoms with E-state index in [-0.39, 0.29) is 23.6 Å². The molecule has 1 aliphatic rings. The van der Waals surface area contributed by atoms with Crippen molar-refractivity contribution in [3.05, 3.63) is 24.2 Å². The van der Waals surface area contributed by atoms with E-state index in [2.05, 4.69) is 12.2 Å². The first-order valence-electron chi connectivity index (χ1n) is 7.37. The quantitative estimate of drug-likeness (QED) is 0.866. The maximum absolute atomic E-state index is 12.5. The summed E-state index contributed by atoms with van der Waals surface area (Å²) in [6, 6.07) is 2.67. The van der Waals surface area contributed by atoms with Crippen molar-refractivity contribution in [3.63, 3.8) is 0 Å². The second-order valence-corrected chi connectivity index (χ2v) is 5.72. The number of carbonyl (C=O) groups is 2. The van der Waals surface area contributed by atoms with Crippen LogP contribution in [0.1, 0.15) is 37.2 Å². The molecular formula is C15H23N3O3. The van der Waals surface area contributed by atoms with Gasteiger partial charge in [0.15, 0.2) is 5.76 Å². The Hall–Kier alpha value is -1.82. The number of nitrogens with zero attached hydrogens (tertiary/aromatic N) is 1. The van der Waals surface area contributed by atoms with Crippen molar-refractivity contribution in [1.29, 1.82) is 0 Å². The molecule has 6 heteroatoms. The Kier molecular flexibility index (Phi) is 5.01. The highest BCUT2D eigenvalue weighted by Gasteiger charge is 2.32. The standard InChI is InChI=1S/C15H23N3O3/c1-10-5-6-18(12(8-10)9-16)15(20)11(2)17-14(19)13-4-3-7-21-13/h3-4,7,10-12H,5-6,8-9,16H2,1-2H3,(H,17,19). The summed E-state index contributed by atoms with van der Waals surface area (Å²) >= 11 is 0. The van der Waals surface area contributed by atoms with Crippen LogP contribution in [0.4, 0.5) is 0 Å². The third-order valence-corrected chi connectivity index (χ3v) is 4.00. The van der Waals surface area contributed by atoms with E-state index in [1.807, 2.05) is 0 Å². The first-order valence-corrected chi connectivity index (χ1v) is 7.37. The average molecular weight is 293 g/mol. The fraction of sp³-hybridized carbons (Fsp3) is 0.600. The molecule has 3 N–H and O–H groups in total. The fourth-order valence-corrected chi connectivity index (χ4v) is 2.75. The van der Waals surface area contributed by atoms with Crippen LogP contribution in [0.25, 0.3) is 0 Å². The van der Waals surface area contributed by atoms with Crippen LogP contribution in [0.3, 0.4) is 0 Å². The van der Waals surface area contributed by atoms with Gasteiger partial charge in [-0.05, 0) is 37.8 Å². The highest BCUT2D eigenvalue weighted by molar-refractivity contribution is 5.95. The van der Waals surface area contributed by atoms with E-state index in [4.69, 9.17) is 10.2 Å². The lowest BCUT2D eigenvalue weighted by atomic mass is 9.92. The Morgan fingerprint density at radius 3 is 2.95 bits per heavy atom. The molecular weight excluding hydrogens is 270 g/mol. The minimum atomic E-state index is -0.593. The summed E-state index contributed by atoms with van der Waals surface area (Å²) in [7, 11) is 0. The molecule has 2 rings (SSSR count). The lowest BCUT2D eigenvalue weighted by Gasteiger charge is -2.39. The van der Waals surface area contributed by atoms with Crippen molar-refractivity contribution in [1.82, 2.24) is 10.2 Å². The molecule has 1 fully saturated rings. The second-order valence-electron chi connectivity index (χ2n) is 5.72. The SMILES string of the molecule is CC1CCN(C(=O)C(C)NC(=O)c2ccco2)C(CN)C1. The first kappa shape index (κ1) is 15.6. The zero-order valence-electron chi connectivity index (χ0n) is 12.5. The third-order valence-electron chi connectivity index (χ3n) is 4.00. The summed E-state index contributed by atoms with van der Waals surface area (Å²) in [5.74, 6) is 0.320. The molecule has 0 bridgehead atoms. The Morgan fingerprint density at radius 2 is 2.33 bits per heavy atom. The fourth-order valence-electron chi connectivity index (χ4n) is 2.75. The van der Waals surface area contributed by atoms with Gasteiger partial charge in [0.2, 0.25) is 5.91 Å². The maximum atomic E-state index is 12.5. The van der Waals surface area contributed by atoms with Crippen molar-refractivity contribution in [2.75, 3.05) is 13.1 Å². The van der Waals surface area contributed by atoms with Gasteiger partial charge in [0, 0.05) is 19.1 Å². The summed E-state index contributed by atoms with van der Waals surface area (Å²) in [6.07, 6.45) is 3.32. The first-order chi connectivity index (χ1) is 10.0. The van der Waals surface area contributed by atoms with Crippen LogP contribution < -0.4 is 11.1 Å². The molecule has 0 spiro atoms. The third kappa shape index (κ3) is 3.64. The maximum Gasteiger partial charge on any atom is 0.287 e. The summed E-state index contributed by atoms with van der Waals surface area (Å²) in [5, 5.41) is 2.67. The predicted octanol–water partition coefficient (Wildman–Crippen LogP) is 0.984. The van der Waals surface area contributed by atoms with Gasteiger partial charge >= 0.3 is 0 Å². The number of nitrogens with two attached hydrogens (primary N) is 1. The number of piperidine rings is 1. The summed E-state index contributed by atoms with van der Waals surface area (Å²) in [6.45, 7) is 5.01. The van der Waals surface area contributed by atoms with E-state index in [9.17, 15) is 9.59 Å². The van der Waals surface area contributed by atoms with Crippen LogP contribution in [0.5, 0.6) is 0 Å². The average Bonchev–Trinajstić information content (AvgIpc) is 3.00. The molecule has 21 heavy (non-hydrogen) atoms. The predicted molar refractivity (Wildman–Crippen MR) is 78.6 cm³/mol. The van der Waals surface area contributed by atoms with E-state index in [0.29, 0.717) is 19.0 Å². The molecule has 2 amide bonds. The van der Waals surface area contributed by atoms with Gasteiger partial charge in [0.25, 0.3) is 5.91 Å². The molecule has 0 radical (unpaired) electrons. The van der Waals surface area contributed by atoms with Gasteiger partial charge in [-0.2, -0.15) is 0 Å². The Labute approximate surface area is 124 Å². The van der Waals surface area contributed by atoms with Crippen molar-refractivity contribution in [2.24, 2.45) is 11.7 Å². The highest BCUT2D eigenvalue weighted by Crippen LogP contribution is 2.22. The summed E-state index contributed by atoms with van der Waals surface area (Å²) < 4.78 is 5.02. The van der Waals surface area contributed by atoms with Crippen LogP contribution in [0.2, 0.25) is 0 Å². The lowest BCUT2D eigenvalue weighted by Crippen LogP contribution is -2.55. The molecule has 116 valence electrons. The number of nitrogens with one attached hydrogen (secondary N) is 1. The normalized spacial score (nSPS) is 23.7. The molecule has 0 saturated carbocycles. The zero-order chi connectivity index (χ0) is 15.4. The molecule has 0 aromatic carbocycles. The number of amides is 2. The van der Waals surface area contributed by atoms with E-state index in [1.165, 1.54) is 6.26 Å². The number of hydrogen-bond donors (Lipinski definition) is 2. The zero-order valence-corrected chi connectivity index (χ0v) is 12.5. The van der Waals surface area contributed by atoms with Gasteiger partial charge in [-0.3, -0.25) is 9.59 Å².